The lowest BCUT2D eigenvalue weighted by Gasteiger charge is -2.28. The van der Waals surface area contributed by atoms with Crippen molar-refractivity contribution < 1.29 is 14.3 Å². The fourth-order valence-corrected chi connectivity index (χ4v) is 4.81. The average Bonchev–Trinajstić information content (AvgIpc) is 2.99. The molecule has 4 rings (SSSR count). The van der Waals surface area contributed by atoms with Gasteiger partial charge >= 0.3 is 5.63 Å². The van der Waals surface area contributed by atoms with E-state index in [4.69, 9.17) is 9.15 Å². The molecule has 1 atom stereocenters. The van der Waals surface area contributed by atoms with Gasteiger partial charge in [0.05, 0.1) is 6.26 Å². The Morgan fingerprint density at radius 1 is 1.31 bits per heavy atom. The third kappa shape index (κ3) is 3.20. The van der Waals surface area contributed by atoms with Gasteiger partial charge in [0.25, 0.3) is 0 Å². The van der Waals surface area contributed by atoms with Crippen molar-refractivity contribution in [2.24, 2.45) is 5.41 Å². The summed E-state index contributed by atoms with van der Waals surface area (Å²) in [5.41, 5.74) is 0.505. The minimum atomic E-state index is -0.786. The molecule has 26 heavy (non-hydrogen) atoms. The molecule has 4 nitrogen and oxygen atoms in total. The van der Waals surface area contributed by atoms with E-state index in [1.54, 1.807) is 23.7 Å². The average molecular weight is 372 g/mol. The minimum absolute atomic E-state index is 0.000247. The van der Waals surface area contributed by atoms with Crippen LogP contribution in [0.25, 0.3) is 0 Å². The van der Waals surface area contributed by atoms with Gasteiger partial charge in [-0.2, -0.15) is 11.3 Å². The summed E-state index contributed by atoms with van der Waals surface area (Å²) in [5.74, 6) is 0.571. The van der Waals surface area contributed by atoms with E-state index in [2.05, 4.69) is 16.8 Å². The van der Waals surface area contributed by atoms with Gasteiger partial charge in [0.1, 0.15) is 22.7 Å². The van der Waals surface area contributed by atoms with Crippen LogP contribution in [0.15, 0.2) is 44.4 Å². The standard InChI is InChI=1S/C21H24O4S/c1-2-5-21(6-3-9-24-21)18-17(22)11-16(25-19(18)23)13-20(7-8-20)12-15-4-10-26-14-15/h3-4,9-11,14,22H,2,5-8,12-13H2,1H3. The first-order chi connectivity index (χ1) is 12.6. The van der Waals surface area contributed by atoms with E-state index < -0.39 is 11.2 Å². The van der Waals surface area contributed by atoms with Crippen LogP contribution in [-0.2, 0) is 23.2 Å². The van der Waals surface area contributed by atoms with Crippen molar-refractivity contribution in [3.63, 3.8) is 0 Å². The van der Waals surface area contributed by atoms with E-state index in [9.17, 15) is 9.90 Å². The van der Waals surface area contributed by atoms with Crippen molar-refractivity contribution in [2.45, 2.75) is 57.5 Å². The number of hydrogen-bond donors (Lipinski definition) is 1. The molecule has 2 aromatic rings. The molecule has 1 aliphatic carbocycles. The van der Waals surface area contributed by atoms with Crippen LogP contribution in [0.5, 0.6) is 5.75 Å². The first-order valence-corrected chi connectivity index (χ1v) is 10.2. The van der Waals surface area contributed by atoms with Crippen LogP contribution < -0.4 is 5.63 Å². The van der Waals surface area contributed by atoms with E-state index >= 15 is 0 Å². The summed E-state index contributed by atoms with van der Waals surface area (Å²) in [6, 6.07) is 3.78. The van der Waals surface area contributed by atoms with Crippen LogP contribution in [0.2, 0.25) is 0 Å². The first-order valence-electron chi connectivity index (χ1n) is 9.26. The van der Waals surface area contributed by atoms with Crippen molar-refractivity contribution in [2.75, 3.05) is 0 Å². The van der Waals surface area contributed by atoms with Gasteiger partial charge in [0.2, 0.25) is 0 Å². The second kappa shape index (κ2) is 6.62. The minimum Gasteiger partial charge on any atom is -0.507 e. The first kappa shape index (κ1) is 17.4. The van der Waals surface area contributed by atoms with Crippen LogP contribution in [0.3, 0.4) is 0 Å². The number of rotatable bonds is 7. The molecule has 1 fully saturated rings. The summed E-state index contributed by atoms with van der Waals surface area (Å²) >= 11 is 1.71. The normalized spacial score (nSPS) is 23.1. The Kier molecular flexibility index (Phi) is 4.43. The highest BCUT2D eigenvalue weighted by Crippen LogP contribution is 2.51. The molecule has 1 N–H and O–H groups in total. The largest absolute Gasteiger partial charge is 0.507 e. The molecule has 1 saturated carbocycles. The molecule has 0 bridgehead atoms. The molecule has 0 saturated heterocycles. The summed E-state index contributed by atoms with van der Waals surface area (Å²) in [6.07, 6.45) is 9.54. The quantitative estimate of drug-likeness (QED) is 0.751. The summed E-state index contributed by atoms with van der Waals surface area (Å²) < 4.78 is 11.4. The van der Waals surface area contributed by atoms with Gasteiger partial charge in [-0.1, -0.05) is 13.3 Å². The predicted octanol–water partition coefficient (Wildman–Crippen LogP) is 4.90. The maximum Gasteiger partial charge on any atom is 0.346 e. The van der Waals surface area contributed by atoms with Crippen LogP contribution in [0.4, 0.5) is 0 Å². The van der Waals surface area contributed by atoms with E-state index in [0.29, 0.717) is 25.0 Å². The van der Waals surface area contributed by atoms with Crippen molar-refractivity contribution in [3.8, 4) is 5.75 Å². The molecular formula is C21H24O4S. The summed E-state index contributed by atoms with van der Waals surface area (Å²) in [5, 5.41) is 14.9. The van der Waals surface area contributed by atoms with Crippen molar-refractivity contribution in [1.29, 1.82) is 0 Å². The highest BCUT2D eigenvalue weighted by atomic mass is 32.1. The Morgan fingerprint density at radius 3 is 2.73 bits per heavy atom. The maximum absolute atomic E-state index is 12.7. The Bertz CT molecular complexity index is 851. The van der Waals surface area contributed by atoms with Crippen molar-refractivity contribution in [1.82, 2.24) is 0 Å². The highest BCUT2D eigenvalue weighted by molar-refractivity contribution is 7.07. The molecule has 0 aromatic carbocycles. The molecular weight excluding hydrogens is 348 g/mol. The number of aromatic hydroxyl groups is 1. The topological polar surface area (TPSA) is 59.7 Å². The van der Waals surface area contributed by atoms with E-state index in [-0.39, 0.29) is 16.7 Å². The van der Waals surface area contributed by atoms with E-state index in [1.165, 1.54) is 5.56 Å². The summed E-state index contributed by atoms with van der Waals surface area (Å²) in [4.78, 5) is 12.7. The molecule has 5 heteroatoms. The van der Waals surface area contributed by atoms with Gasteiger partial charge < -0.3 is 14.3 Å². The smallest absolute Gasteiger partial charge is 0.346 e. The van der Waals surface area contributed by atoms with E-state index in [0.717, 1.165) is 25.7 Å². The fourth-order valence-electron chi connectivity index (χ4n) is 4.14. The maximum atomic E-state index is 12.7. The molecule has 138 valence electrons. The van der Waals surface area contributed by atoms with Gasteiger partial charge in [0, 0.05) is 18.9 Å². The Labute approximate surface area is 157 Å². The monoisotopic (exact) mass is 372 g/mol. The van der Waals surface area contributed by atoms with E-state index in [1.807, 2.05) is 13.0 Å². The van der Waals surface area contributed by atoms with Gasteiger partial charge in [0.15, 0.2) is 0 Å². The summed E-state index contributed by atoms with van der Waals surface area (Å²) in [6.45, 7) is 2.04. The second-order valence-electron chi connectivity index (χ2n) is 7.68. The van der Waals surface area contributed by atoms with Crippen molar-refractivity contribution >= 4 is 11.3 Å². The van der Waals surface area contributed by atoms with Gasteiger partial charge in [-0.05, 0) is 59.6 Å². The van der Waals surface area contributed by atoms with Gasteiger partial charge in [-0.15, -0.1) is 0 Å². The van der Waals surface area contributed by atoms with Crippen LogP contribution in [0.1, 0.15) is 55.9 Å². The predicted molar refractivity (Wildman–Crippen MR) is 101 cm³/mol. The van der Waals surface area contributed by atoms with Gasteiger partial charge in [-0.25, -0.2) is 4.79 Å². The lowest BCUT2D eigenvalue weighted by molar-refractivity contribution is 0.0257. The van der Waals surface area contributed by atoms with Crippen LogP contribution >= 0.6 is 11.3 Å². The Balaban J connectivity index is 1.59. The molecule has 0 radical (unpaired) electrons. The third-order valence-corrected chi connectivity index (χ3v) is 6.33. The molecule has 2 aliphatic rings. The lowest BCUT2D eigenvalue weighted by atomic mass is 9.87. The number of hydrogen-bond acceptors (Lipinski definition) is 5. The van der Waals surface area contributed by atoms with Crippen molar-refractivity contribution in [3.05, 3.63) is 62.5 Å². The molecule has 0 amide bonds. The lowest BCUT2D eigenvalue weighted by Crippen LogP contribution is -2.31. The van der Waals surface area contributed by atoms with Gasteiger partial charge in [-0.3, -0.25) is 0 Å². The molecule has 1 unspecified atom stereocenters. The molecule has 0 spiro atoms. The fraction of sp³-hybridized carbons (Fsp3) is 0.476. The second-order valence-corrected chi connectivity index (χ2v) is 8.46. The third-order valence-electron chi connectivity index (χ3n) is 5.59. The van der Waals surface area contributed by atoms with Crippen LogP contribution in [0, 0.1) is 5.41 Å². The van der Waals surface area contributed by atoms with Crippen LogP contribution in [-0.4, -0.2) is 5.11 Å². The zero-order valence-electron chi connectivity index (χ0n) is 15.0. The zero-order chi connectivity index (χ0) is 18.2. The molecule has 3 heterocycles. The summed E-state index contributed by atoms with van der Waals surface area (Å²) in [7, 11) is 0. The zero-order valence-corrected chi connectivity index (χ0v) is 15.8. The molecule has 2 aromatic heterocycles. The SMILES string of the molecule is CCCC1(c2c(O)cc(CC3(Cc4ccsc4)CC3)oc2=O)CC=CO1. The number of thiophene rings is 1. The Morgan fingerprint density at radius 2 is 2.15 bits per heavy atom. The number of ether oxygens (including phenoxy) is 1. The Hall–Kier alpha value is -2.01. The highest BCUT2D eigenvalue weighted by Gasteiger charge is 2.44. The molecule has 1 aliphatic heterocycles.